The van der Waals surface area contributed by atoms with E-state index in [1.165, 1.54) is 21.8 Å². The number of hydrogen-bond acceptors (Lipinski definition) is 6. The largest absolute Gasteiger partial charge is 0.480 e. The second kappa shape index (κ2) is 10.6. The van der Waals surface area contributed by atoms with Gasteiger partial charge in [0, 0.05) is 53.6 Å². The summed E-state index contributed by atoms with van der Waals surface area (Å²) in [5.74, 6) is 0.0535. The van der Waals surface area contributed by atoms with Crippen molar-refractivity contribution in [2.45, 2.75) is 32.4 Å². The molecule has 0 N–H and O–H groups in total. The number of benzene rings is 2. The number of nitrogens with zero attached hydrogens (tertiary/aromatic N) is 5. The first-order valence-corrected chi connectivity index (χ1v) is 12.8. The molecule has 0 unspecified atom stereocenters. The highest BCUT2D eigenvalue weighted by atomic mass is 16.5. The highest BCUT2D eigenvalue weighted by molar-refractivity contribution is 6.08. The molecule has 0 atom stereocenters. The number of ether oxygens (including phenoxy) is 2. The van der Waals surface area contributed by atoms with Crippen LogP contribution in [-0.4, -0.2) is 47.9 Å². The van der Waals surface area contributed by atoms with Gasteiger partial charge in [0.15, 0.2) is 11.3 Å². The lowest BCUT2D eigenvalue weighted by molar-refractivity contribution is 0.0370. The van der Waals surface area contributed by atoms with Crippen molar-refractivity contribution in [3.05, 3.63) is 76.6 Å². The Morgan fingerprint density at radius 1 is 0.947 bits per heavy atom. The number of aryl methyl sites for hydroxylation is 1. The first-order valence-electron chi connectivity index (χ1n) is 12.8. The van der Waals surface area contributed by atoms with Gasteiger partial charge in [-0.3, -0.25) is 4.90 Å². The van der Waals surface area contributed by atoms with Crippen molar-refractivity contribution in [2.75, 3.05) is 32.8 Å². The van der Waals surface area contributed by atoms with Crippen LogP contribution in [0, 0.1) is 34.0 Å². The summed E-state index contributed by atoms with van der Waals surface area (Å²) in [5, 5.41) is 30.8. The van der Waals surface area contributed by atoms with E-state index in [1.54, 1.807) is 0 Å². The second-order valence-electron chi connectivity index (χ2n) is 10.0. The summed E-state index contributed by atoms with van der Waals surface area (Å²) in [6.45, 7) is 9.29. The summed E-state index contributed by atoms with van der Waals surface area (Å²) < 4.78 is 13.8. The number of rotatable bonds is 6. The Morgan fingerprint density at radius 3 is 2.42 bits per heavy atom. The maximum atomic E-state index is 9.81. The molecule has 1 fully saturated rings. The number of para-hydroxylation sites is 1. The van der Waals surface area contributed by atoms with Gasteiger partial charge in [-0.25, -0.2) is 0 Å². The minimum atomic E-state index is -0.837. The van der Waals surface area contributed by atoms with Crippen LogP contribution in [-0.2, 0) is 16.0 Å². The lowest BCUT2D eigenvalue weighted by atomic mass is 9.94. The van der Waals surface area contributed by atoms with E-state index in [0.29, 0.717) is 5.57 Å². The van der Waals surface area contributed by atoms with Gasteiger partial charge in [0.2, 0.25) is 0 Å². The third-order valence-electron chi connectivity index (χ3n) is 7.26. The quantitative estimate of drug-likeness (QED) is 0.414. The van der Waals surface area contributed by atoms with Crippen molar-refractivity contribution in [3.63, 3.8) is 0 Å². The molecule has 1 aromatic heterocycles. The van der Waals surface area contributed by atoms with Gasteiger partial charge in [-0.15, -0.1) is 0 Å². The number of morpholine rings is 1. The zero-order valence-corrected chi connectivity index (χ0v) is 21.7. The minimum Gasteiger partial charge on any atom is -0.480 e. The molecule has 0 bridgehead atoms. The van der Waals surface area contributed by atoms with Gasteiger partial charge in [-0.05, 0) is 44.0 Å². The third-order valence-corrected chi connectivity index (χ3v) is 7.26. The van der Waals surface area contributed by atoms with Crippen LogP contribution in [0.4, 0.5) is 0 Å². The number of allylic oxidation sites excluding steroid dienone is 2. The third kappa shape index (κ3) is 4.69. The SMILES string of the molecule is CC1(C)OC(=C(C#N)C#N)C(C#N)=C1/C=C/c1ccc2c(c1)c1ccccc1n2CCCN1CCOCC1. The van der Waals surface area contributed by atoms with Crippen molar-refractivity contribution >= 4 is 27.9 Å². The van der Waals surface area contributed by atoms with Crippen LogP contribution in [0.3, 0.4) is 0 Å². The summed E-state index contributed by atoms with van der Waals surface area (Å²) in [5.41, 5.74) is 3.25. The lowest BCUT2D eigenvalue weighted by Crippen LogP contribution is -2.37. The van der Waals surface area contributed by atoms with Gasteiger partial charge in [0.25, 0.3) is 0 Å². The van der Waals surface area contributed by atoms with E-state index in [0.717, 1.165) is 51.4 Å². The average molecular weight is 504 g/mol. The Labute approximate surface area is 222 Å². The molecule has 1 saturated heterocycles. The Morgan fingerprint density at radius 2 is 1.68 bits per heavy atom. The predicted molar refractivity (Wildman–Crippen MR) is 146 cm³/mol. The Kier molecular flexibility index (Phi) is 7.03. The predicted octanol–water partition coefficient (Wildman–Crippen LogP) is 5.46. The van der Waals surface area contributed by atoms with Gasteiger partial charge < -0.3 is 14.0 Å². The first kappa shape index (κ1) is 25.3. The van der Waals surface area contributed by atoms with Crippen molar-refractivity contribution in [1.82, 2.24) is 9.47 Å². The fourth-order valence-corrected chi connectivity index (χ4v) is 5.35. The molecule has 2 aliphatic rings. The average Bonchev–Trinajstić information content (AvgIpc) is 3.38. The topological polar surface area (TPSA) is 98.0 Å². The first-order chi connectivity index (χ1) is 18.5. The molecule has 190 valence electrons. The van der Waals surface area contributed by atoms with Gasteiger partial charge in [-0.2, -0.15) is 15.8 Å². The molecule has 2 aliphatic heterocycles. The smallest absolute Gasteiger partial charge is 0.172 e. The van der Waals surface area contributed by atoms with Gasteiger partial charge >= 0.3 is 0 Å². The standard InChI is InChI=1S/C31H29N5O2/c1-31(2)27(26(21-34)30(38-31)23(19-32)20-33)10-8-22-9-11-29-25(18-22)24-6-3-4-7-28(24)36(29)13-5-12-35-14-16-37-17-15-35/h3-4,6-11,18H,5,12-17H2,1-2H3/b10-8+. The summed E-state index contributed by atoms with van der Waals surface area (Å²) in [6.07, 6.45) is 4.89. The van der Waals surface area contributed by atoms with E-state index in [4.69, 9.17) is 9.47 Å². The maximum absolute atomic E-state index is 9.81. The Balaban J connectivity index is 1.48. The highest BCUT2D eigenvalue weighted by Crippen LogP contribution is 2.40. The van der Waals surface area contributed by atoms with Crippen LogP contribution in [0.5, 0.6) is 0 Å². The highest BCUT2D eigenvalue weighted by Gasteiger charge is 2.38. The number of aromatic nitrogens is 1. The fourth-order valence-electron chi connectivity index (χ4n) is 5.35. The van der Waals surface area contributed by atoms with E-state index < -0.39 is 5.60 Å². The zero-order valence-electron chi connectivity index (χ0n) is 21.7. The van der Waals surface area contributed by atoms with Crippen LogP contribution in [0.2, 0.25) is 0 Å². The van der Waals surface area contributed by atoms with Crippen molar-refractivity contribution < 1.29 is 9.47 Å². The number of hydrogen-bond donors (Lipinski definition) is 0. The molecule has 2 aromatic carbocycles. The molecule has 0 amide bonds. The Bertz CT molecular complexity index is 1600. The molecule has 3 heterocycles. The molecule has 5 rings (SSSR count). The van der Waals surface area contributed by atoms with E-state index in [-0.39, 0.29) is 16.9 Å². The Hall–Kier alpha value is -4.35. The van der Waals surface area contributed by atoms with Gasteiger partial charge in [0.1, 0.15) is 29.4 Å². The summed E-state index contributed by atoms with van der Waals surface area (Å²) in [4.78, 5) is 2.47. The van der Waals surface area contributed by atoms with Crippen LogP contribution in [0.1, 0.15) is 25.8 Å². The molecule has 0 spiro atoms. The molecule has 3 aromatic rings. The van der Waals surface area contributed by atoms with E-state index in [9.17, 15) is 15.8 Å². The van der Waals surface area contributed by atoms with Crippen LogP contribution >= 0.6 is 0 Å². The molecule has 7 nitrogen and oxygen atoms in total. The molecule has 38 heavy (non-hydrogen) atoms. The summed E-state index contributed by atoms with van der Waals surface area (Å²) in [6, 6.07) is 20.7. The monoisotopic (exact) mass is 503 g/mol. The van der Waals surface area contributed by atoms with Gasteiger partial charge in [-0.1, -0.05) is 36.4 Å². The molecule has 7 heteroatoms. The zero-order chi connectivity index (χ0) is 26.7. The molecule has 0 aliphatic carbocycles. The summed E-state index contributed by atoms with van der Waals surface area (Å²) in [7, 11) is 0. The maximum Gasteiger partial charge on any atom is 0.172 e. The van der Waals surface area contributed by atoms with E-state index >= 15 is 0 Å². The van der Waals surface area contributed by atoms with E-state index in [2.05, 4.69) is 58.0 Å². The van der Waals surface area contributed by atoms with Crippen molar-refractivity contribution in [2.24, 2.45) is 0 Å². The second-order valence-corrected chi connectivity index (χ2v) is 10.0. The van der Waals surface area contributed by atoms with Crippen LogP contribution in [0.15, 0.2) is 71.0 Å². The normalized spacial score (nSPS) is 17.5. The fraction of sp³-hybridized carbons (Fsp3) is 0.323. The minimum absolute atomic E-state index is 0.0535. The van der Waals surface area contributed by atoms with E-state index in [1.807, 2.05) is 38.1 Å². The van der Waals surface area contributed by atoms with Crippen LogP contribution in [0.25, 0.3) is 27.9 Å². The number of nitriles is 3. The lowest BCUT2D eigenvalue weighted by Gasteiger charge is -2.26. The molecule has 0 radical (unpaired) electrons. The molecule has 0 saturated carbocycles. The van der Waals surface area contributed by atoms with Crippen LogP contribution < -0.4 is 0 Å². The molecular formula is C31H29N5O2. The number of fused-ring (bicyclic) bond motifs is 3. The van der Waals surface area contributed by atoms with Gasteiger partial charge in [0.05, 0.1) is 13.2 Å². The van der Waals surface area contributed by atoms with Crippen molar-refractivity contribution in [1.29, 1.82) is 15.8 Å². The summed E-state index contributed by atoms with van der Waals surface area (Å²) >= 11 is 0. The molecular weight excluding hydrogens is 474 g/mol. The van der Waals surface area contributed by atoms with Crippen molar-refractivity contribution in [3.8, 4) is 18.2 Å².